The molecule has 0 radical (unpaired) electrons. The molecule has 0 spiro atoms. The number of ether oxygens (including phenoxy) is 2. The first-order chi connectivity index (χ1) is 6.68. The zero-order chi connectivity index (χ0) is 10.9. The molecule has 0 aliphatic rings. The van der Waals surface area contributed by atoms with Crippen molar-refractivity contribution in [1.82, 2.24) is 5.32 Å². The number of hydrogen-bond donors (Lipinski definition) is 2. The van der Waals surface area contributed by atoms with Crippen LogP contribution < -0.4 is 5.32 Å². The van der Waals surface area contributed by atoms with E-state index in [9.17, 15) is 0 Å². The first-order valence-corrected chi connectivity index (χ1v) is 5.20. The highest BCUT2D eigenvalue weighted by molar-refractivity contribution is 4.81. The molecule has 0 rings (SSSR count). The predicted molar refractivity (Wildman–Crippen MR) is 56.5 cm³/mol. The molecule has 0 aliphatic carbocycles. The standard InChI is InChI=1S/C10H23NO3/c1-4-11-10(3,8-12)9-14-7-6-13-5-2/h11-12H,4-9H2,1-3H3. The van der Waals surface area contributed by atoms with Gasteiger partial charge in [0, 0.05) is 6.61 Å². The fourth-order valence-corrected chi connectivity index (χ4v) is 1.14. The maximum Gasteiger partial charge on any atom is 0.0701 e. The molecule has 0 bridgehead atoms. The Morgan fingerprint density at radius 1 is 1.21 bits per heavy atom. The molecular weight excluding hydrogens is 182 g/mol. The quantitative estimate of drug-likeness (QED) is 0.535. The second kappa shape index (κ2) is 8.17. The fourth-order valence-electron chi connectivity index (χ4n) is 1.14. The Balaban J connectivity index is 3.51. The minimum Gasteiger partial charge on any atom is -0.394 e. The van der Waals surface area contributed by atoms with Gasteiger partial charge in [0.15, 0.2) is 0 Å². The molecular formula is C10H23NO3. The Bertz CT molecular complexity index is 133. The lowest BCUT2D eigenvalue weighted by atomic mass is 10.1. The summed E-state index contributed by atoms with van der Waals surface area (Å²) in [4.78, 5) is 0. The molecule has 0 aromatic carbocycles. The minimum absolute atomic E-state index is 0.0788. The van der Waals surface area contributed by atoms with Crippen LogP contribution in [-0.2, 0) is 9.47 Å². The van der Waals surface area contributed by atoms with Crippen LogP contribution in [0.25, 0.3) is 0 Å². The molecule has 4 nitrogen and oxygen atoms in total. The first-order valence-electron chi connectivity index (χ1n) is 5.20. The van der Waals surface area contributed by atoms with Gasteiger partial charge < -0.3 is 19.9 Å². The summed E-state index contributed by atoms with van der Waals surface area (Å²) in [6.07, 6.45) is 0. The van der Waals surface area contributed by atoms with Crippen LogP contribution in [0.15, 0.2) is 0 Å². The van der Waals surface area contributed by atoms with Crippen molar-refractivity contribution in [2.24, 2.45) is 0 Å². The van der Waals surface area contributed by atoms with E-state index >= 15 is 0 Å². The van der Waals surface area contributed by atoms with Crippen LogP contribution in [0, 0.1) is 0 Å². The Kier molecular flexibility index (Phi) is 8.08. The topological polar surface area (TPSA) is 50.7 Å². The van der Waals surface area contributed by atoms with Crippen molar-refractivity contribution >= 4 is 0 Å². The third kappa shape index (κ3) is 6.32. The summed E-state index contributed by atoms with van der Waals surface area (Å²) in [5.74, 6) is 0. The number of nitrogens with one attached hydrogen (secondary N) is 1. The smallest absolute Gasteiger partial charge is 0.0701 e. The van der Waals surface area contributed by atoms with Gasteiger partial charge in [-0.1, -0.05) is 6.92 Å². The highest BCUT2D eigenvalue weighted by atomic mass is 16.5. The van der Waals surface area contributed by atoms with E-state index in [-0.39, 0.29) is 12.1 Å². The average Bonchev–Trinajstić information content (AvgIpc) is 2.18. The predicted octanol–water partition coefficient (Wildman–Crippen LogP) is 0.400. The number of aliphatic hydroxyl groups excluding tert-OH is 1. The maximum atomic E-state index is 9.15. The Hall–Kier alpha value is -0.160. The normalized spacial score (nSPS) is 15.4. The highest BCUT2D eigenvalue weighted by Gasteiger charge is 2.21. The SMILES string of the molecule is CCNC(C)(CO)COCCOCC. The lowest BCUT2D eigenvalue weighted by molar-refractivity contribution is 0.0114. The van der Waals surface area contributed by atoms with E-state index in [0.29, 0.717) is 26.4 Å². The van der Waals surface area contributed by atoms with Crippen LogP contribution in [0.5, 0.6) is 0 Å². The molecule has 0 saturated carbocycles. The molecule has 0 fully saturated rings. The van der Waals surface area contributed by atoms with Crippen LogP contribution in [0.3, 0.4) is 0 Å². The molecule has 4 heteroatoms. The Morgan fingerprint density at radius 2 is 1.86 bits per heavy atom. The van der Waals surface area contributed by atoms with Gasteiger partial charge in [-0.25, -0.2) is 0 Å². The Morgan fingerprint density at radius 3 is 2.36 bits per heavy atom. The zero-order valence-electron chi connectivity index (χ0n) is 9.51. The van der Waals surface area contributed by atoms with Crippen LogP contribution in [0.4, 0.5) is 0 Å². The molecule has 0 aliphatic heterocycles. The van der Waals surface area contributed by atoms with E-state index in [1.54, 1.807) is 0 Å². The van der Waals surface area contributed by atoms with Gasteiger partial charge in [0.25, 0.3) is 0 Å². The van der Waals surface area contributed by atoms with Crippen molar-refractivity contribution in [2.75, 3.05) is 39.6 Å². The van der Waals surface area contributed by atoms with Gasteiger partial charge in [0.1, 0.15) is 0 Å². The number of aliphatic hydroxyl groups is 1. The summed E-state index contributed by atoms with van der Waals surface area (Å²) >= 11 is 0. The summed E-state index contributed by atoms with van der Waals surface area (Å²) in [5.41, 5.74) is -0.332. The van der Waals surface area contributed by atoms with E-state index in [1.807, 2.05) is 20.8 Å². The lowest BCUT2D eigenvalue weighted by Crippen LogP contribution is -2.49. The van der Waals surface area contributed by atoms with Crippen LogP contribution in [-0.4, -0.2) is 50.2 Å². The van der Waals surface area contributed by atoms with Crippen LogP contribution in [0.2, 0.25) is 0 Å². The zero-order valence-corrected chi connectivity index (χ0v) is 9.51. The summed E-state index contributed by atoms with van der Waals surface area (Å²) in [7, 11) is 0. The first kappa shape index (κ1) is 13.8. The average molecular weight is 205 g/mol. The highest BCUT2D eigenvalue weighted by Crippen LogP contribution is 2.02. The van der Waals surface area contributed by atoms with Gasteiger partial charge in [-0.2, -0.15) is 0 Å². The number of rotatable bonds is 9. The van der Waals surface area contributed by atoms with Crippen molar-refractivity contribution in [3.05, 3.63) is 0 Å². The summed E-state index contributed by atoms with van der Waals surface area (Å²) in [6.45, 7) is 9.22. The molecule has 86 valence electrons. The van der Waals surface area contributed by atoms with Gasteiger partial charge in [0.2, 0.25) is 0 Å². The van der Waals surface area contributed by atoms with Crippen molar-refractivity contribution in [2.45, 2.75) is 26.3 Å². The van der Waals surface area contributed by atoms with Crippen LogP contribution in [0.1, 0.15) is 20.8 Å². The third-order valence-corrected chi connectivity index (χ3v) is 1.95. The molecule has 14 heavy (non-hydrogen) atoms. The summed E-state index contributed by atoms with van der Waals surface area (Å²) in [6, 6.07) is 0. The van der Waals surface area contributed by atoms with Gasteiger partial charge in [-0.3, -0.25) is 0 Å². The molecule has 0 amide bonds. The summed E-state index contributed by atoms with van der Waals surface area (Å²) < 4.78 is 10.5. The summed E-state index contributed by atoms with van der Waals surface area (Å²) in [5, 5.41) is 12.3. The van der Waals surface area contributed by atoms with E-state index in [0.717, 1.165) is 6.54 Å². The molecule has 0 heterocycles. The van der Waals surface area contributed by atoms with Crippen molar-refractivity contribution in [1.29, 1.82) is 0 Å². The van der Waals surface area contributed by atoms with Crippen molar-refractivity contribution < 1.29 is 14.6 Å². The van der Waals surface area contributed by atoms with E-state index in [1.165, 1.54) is 0 Å². The third-order valence-electron chi connectivity index (χ3n) is 1.95. The van der Waals surface area contributed by atoms with Gasteiger partial charge >= 0.3 is 0 Å². The molecule has 0 aromatic rings. The maximum absolute atomic E-state index is 9.15. The van der Waals surface area contributed by atoms with Crippen molar-refractivity contribution in [3.8, 4) is 0 Å². The van der Waals surface area contributed by atoms with Crippen LogP contribution >= 0.6 is 0 Å². The van der Waals surface area contributed by atoms with E-state index in [4.69, 9.17) is 14.6 Å². The molecule has 0 aromatic heterocycles. The monoisotopic (exact) mass is 205 g/mol. The fraction of sp³-hybridized carbons (Fsp3) is 1.00. The molecule has 1 unspecified atom stereocenters. The minimum atomic E-state index is -0.332. The van der Waals surface area contributed by atoms with E-state index < -0.39 is 0 Å². The molecule has 1 atom stereocenters. The molecule has 2 N–H and O–H groups in total. The number of hydrogen-bond acceptors (Lipinski definition) is 4. The Labute approximate surface area is 86.6 Å². The lowest BCUT2D eigenvalue weighted by Gasteiger charge is -2.27. The second-order valence-electron chi connectivity index (χ2n) is 3.50. The van der Waals surface area contributed by atoms with Gasteiger partial charge in [-0.05, 0) is 20.4 Å². The second-order valence-corrected chi connectivity index (χ2v) is 3.50. The molecule has 0 saturated heterocycles. The van der Waals surface area contributed by atoms with Gasteiger partial charge in [0.05, 0.1) is 32.0 Å². The van der Waals surface area contributed by atoms with E-state index in [2.05, 4.69) is 5.32 Å². The number of likely N-dealkylation sites (N-methyl/N-ethyl adjacent to an activating group) is 1. The largest absolute Gasteiger partial charge is 0.394 e. The van der Waals surface area contributed by atoms with Crippen molar-refractivity contribution in [3.63, 3.8) is 0 Å². The van der Waals surface area contributed by atoms with Gasteiger partial charge in [-0.15, -0.1) is 0 Å².